The van der Waals surface area contributed by atoms with Crippen molar-refractivity contribution in [3.05, 3.63) is 24.3 Å². The lowest BCUT2D eigenvalue weighted by Gasteiger charge is -2.29. The van der Waals surface area contributed by atoms with E-state index in [4.69, 9.17) is 4.74 Å². The number of aliphatic hydroxyl groups excluding tert-OH is 1. The minimum absolute atomic E-state index is 0.162. The van der Waals surface area contributed by atoms with Crippen LogP contribution in [0.2, 0.25) is 0 Å². The summed E-state index contributed by atoms with van der Waals surface area (Å²) in [5.41, 5.74) is -0.585. The highest BCUT2D eigenvalue weighted by atomic mass is 32.2. The Labute approximate surface area is 123 Å². The van der Waals surface area contributed by atoms with Crippen molar-refractivity contribution in [2.45, 2.75) is 30.5 Å². The summed E-state index contributed by atoms with van der Waals surface area (Å²) in [4.78, 5) is 16.1. The molecule has 20 heavy (non-hydrogen) atoms. The van der Waals surface area contributed by atoms with Gasteiger partial charge in [-0.1, -0.05) is 12.1 Å². The number of thioether (sulfide) groups is 1. The zero-order chi connectivity index (χ0) is 14.9. The Morgan fingerprint density at radius 2 is 2.05 bits per heavy atom. The van der Waals surface area contributed by atoms with Crippen LogP contribution in [0.3, 0.4) is 0 Å². The number of nitrogens with zero attached hydrogens (tertiary/aromatic N) is 2. The number of para-hydroxylation sites is 1. The summed E-state index contributed by atoms with van der Waals surface area (Å²) >= 11 is 1.47. The number of likely N-dealkylation sites (N-methyl/N-ethyl adjacent to an activating group) is 1. The molecular weight excluding hydrogens is 276 g/mol. The van der Waals surface area contributed by atoms with Crippen molar-refractivity contribution in [2.75, 3.05) is 20.0 Å². The summed E-state index contributed by atoms with van der Waals surface area (Å²) in [5, 5.41) is 10.3. The SMILES string of the molecule is COc1ccccc1SCN1C(=O)N(C)C(C)(C)C1O. The summed E-state index contributed by atoms with van der Waals surface area (Å²) < 4.78 is 5.28. The molecule has 0 aliphatic carbocycles. The third kappa shape index (κ3) is 2.45. The maximum absolute atomic E-state index is 12.2. The van der Waals surface area contributed by atoms with Crippen LogP contribution >= 0.6 is 11.8 Å². The van der Waals surface area contributed by atoms with Gasteiger partial charge >= 0.3 is 6.03 Å². The van der Waals surface area contributed by atoms with Crippen molar-refractivity contribution in [3.63, 3.8) is 0 Å². The van der Waals surface area contributed by atoms with Gasteiger partial charge in [0.25, 0.3) is 0 Å². The number of hydrogen-bond donors (Lipinski definition) is 1. The number of carbonyl (C=O) groups is 1. The molecule has 0 saturated carbocycles. The van der Waals surface area contributed by atoms with Crippen LogP contribution in [-0.2, 0) is 0 Å². The first-order valence-corrected chi connectivity index (χ1v) is 7.36. The molecule has 2 amide bonds. The monoisotopic (exact) mass is 296 g/mol. The second-order valence-corrected chi connectivity index (χ2v) is 6.25. The Hall–Kier alpha value is -1.40. The molecule has 1 aliphatic heterocycles. The number of amides is 2. The van der Waals surface area contributed by atoms with Crippen molar-refractivity contribution in [1.82, 2.24) is 9.80 Å². The van der Waals surface area contributed by atoms with Crippen molar-refractivity contribution in [3.8, 4) is 5.75 Å². The number of carbonyl (C=O) groups excluding carboxylic acids is 1. The summed E-state index contributed by atoms with van der Waals surface area (Å²) in [7, 11) is 3.32. The van der Waals surface area contributed by atoms with Gasteiger partial charge in [-0.3, -0.25) is 4.90 Å². The molecule has 0 radical (unpaired) electrons. The molecular formula is C14H20N2O3S. The Bertz CT molecular complexity index is 507. The van der Waals surface area contributed by atoms with Crippen LogP contribution in [0.4, 0.5) is 4.79 Å². The number of urea groups is 1. The molecule has 0 spiro atoms. The smallest absolute Gasteiger partial charge is 0.323 e. The molecule has 0 aromatic heterocycles. The maximum atomic E-state index is 12.2. The van der Waals surface area contributed by atoms with E-state index >= 15 is 0 Å². The van der Waals surface area contributed by atoms with E-state index in [2.05, 4.69) is 0 Å². The molecule has 0 bridgehead atoms. The molecule has 1 aromatic rings. The maximum Gasteiger partial charge on any atom is 0.323 e. The van der Waals surface area contributed by atoms with Crippen LogP contribution in [0, 0.1) is 0 Å². The van der Waals surface area contributed by atoms with E-state index in [9.17, 15) is 9.90 Å². The van der Waals surface area contributed by atoms with Crippen molar-refractivity contribution in [1.29, 1.82) is 0 Å². The van der Waals surface area contributed by atoms with E-state index in [1.54, 1.807) is 19.1 Å². The van der Waals surface area contributed by atoms with E-state index in [-0.39, 0.29) is 6.03 Å². The minimum Gasteiger partial charge on any atom is -0.496 e. The zero-order valence-corrected chi connectivity index (χ0v) is 13.0. The van der Waals surface area contributed by atoms with Gasteiger partial charge in [-0.15, -0.1) is 11.8 Å². The minimum atomic E-state index is -0.817. The third-order valence-electron chi connectivity index (χ3n) is 3.75. The summed E-state index contributed by atoms with van der Waals surface area (Å²) in [6.07, 6.45) is -0.817. The highest BCUT2D eigenvalue weighted by molar-refractivity contribution is 7.99. The molecule has 1 atom stereocenters. The fourth-order valence-corrected chi connectivity index (χ4v) is 3.10. The van der Waals surface area contributed by atoms with Gasteiger partial charge in [0.05, 0.1) is 23.4 Å². The largest absolute Gasteiger partial charge is 0.496 e. The van der Waals surface area contributed by atoms with Gasteiger partial charge in [-0.2, -0.15) is 0 Å². The normalized spacial score (nSPS) is 21.4. The van der Waals surface area contributed by atoms with Crippen LogP contribution < -0.4 is 4.74 Å². The third-order valence-corrected chi connectivity index (χ3v) is 4.81. The average molecular weight is 296 g/mol. The summed E-state index contributed by atoms with van der Waals surface area (Å²) in [5.74, 6) is 1.15. The lowest BCUT2D eigenvalue weighted by Crippen LogP contribution is -2.45. The standard InChI is InChI=1S/C14H20N2O3S/c1-14(2)12(17)16(13(18)15(14)3)9-20-11-8-6-5-7-10(11)19-4/h5-8,12,17H,9H2,1-4H3. The lowest BCUT2D eigenvalue weighted by atomic mass is 10.0. The lowest BCUT2D eigenvalue weighted by molar-refractivity contribution is 0.00637. The van der Waals surface area contributed by atoms with Gasteiger partial charge in [-0.25, -0.2) is 4.79 Å². The molecule has 1 saturated heterocycles. The Morgan fingerprint density at radius 1 is 1.40 bits per heavy atom. The van der Waals surface area contributed by atoms with Crippen LogP contribution in [0.1, 0.15) is 13.8 Å². The number of ether oxygens (including phenoxy) is 1. The van der Waals surface area contributed by atoms with Crippen LogP contribution in [0.15, 0.2) is 29.2 Å². The predicted octanol–water partition coefficient (Wildman–Crippen LogP) is 2.21. The summed E-state index contributed by atoms with van der Waals surface area (Å²) in [6.45, 7) is 3.70. The molecule has 1 heterocycles. The van der Waals surface area contributed by atoms with E-state index < -0.39 is 11.8 Å². The van der Waals surface area contributed by atoms with Crippen molar-refractivity contribution >= 4 is 17.8 Å². The molecule has 5 nitrogen and oxygen atoms in total. The number of methoxy groups -OCH3 is 1. The van der Waals surface area contributed by atoms with Gasteiger partial charge in [0.2, 0.25) is 0 Å². The van der Waals surface area contributed by atoms with Crippen LogP contribution in [-0.4, -0.2) is 52.7 Å². The Kier molecular flexibility index (Phi) is 4.15. The van der Waals surface area contributed by atoms with Crippen molar-refractivity contribution in [2.24, 2.45) is 0 Å². The van der Waals surface area contributed by atoms with E-state index in [1.165, 1.54) is 16.7 Å². The second-order valence-electron chi connectivity index (χ2n) is 5.26. The molecule has 1 aliphatic rings. The van der Waals surface area contributed by atoms with Gasteiger partial charge < -0.3 is 14.7 Å². The first-order valence-electron chi connectivity index (χ1n) is 6.38. The topological polar surface area (TPSA) is 53.0 Å². The molecule has 2 rings (SSSR count). The number of aliphatic hydroxyl groups is 1. The van der Waals surface area contributed by atoms with E-state index in [0.717, 1.165) is 10.6 Å². The molecule has 1 aromatic carbocycles. The number of benzene rings is 1. The van der Waals surface area contributed by atoms with Crippen LogP contribution in [0.25, 0.3) is 0 Å². The highest BCUT2D eigenvalue weighted by Crippen LogP contribution is 2.34. The van der Waals surface area contributed by atoms with E-state index in [1.807, 2.05) is 38.1 Å². The van der Waals surface area contributed by atoms with Crippen LogP contribution in [0.5, 0.6) is 5.75 Å². The number of rotatable bonds is 4. The first kappa shape index (κ1) is 15.0. The second kappa shape index (κ2) is 5.54. The van der Waals surface area contributed by atoms with Gasteiger partial charge in [-0.05, 0) is 26.0 Å². The molecule has 1 fully saturated rings. The average Bonchev–Trinajstić information content (AvgIpc) is 2.59. The van der Waals surface area contributed by atoms with Gasteiger partial charge in [0, 0.05) is 7.05 Å². The zero-order valence-electron chi connectivity index (χ0n) is 12.2. The molecule has 110 valence electrons. The Morgan fingerprint density at radius 3 is 2.60 bits per heavy atom. The van der Waals surface area contributed by atoms with E-state index in [0.29, 0.717) is 5.88 Å². The fraction of sp³-hybridized carbons (Fsp3) is 0.500. The number of hydrogen-bond acceptors (Lipinski definition) is 4. The fourth-order valence-electron chi connectivity index (χ4n) is 2.10. The molecule has 1 N–H and O–H groups in total. The molecule has 1 unspecified atom stereocenters. The quantitative estimate of drug-likeness (QED) is 0.866. The summed E-state index contributed by atoms with van der Waals surface area (Å²) in [6, 6.07) is 7.47. The highest BCUT2D eigenvalue weighted by Gasteiger charge is 2.48. The Balaban J connectivity index is 2.10. The van der Waals surface area contributed by atoms with Crippen molar-refractivity contribution < 1.29 is 14.6 Å². The van der Waals surface area contributed by atoms with Gasteiger partial charge in [0.15, 0.2) is 6.23 Å². The molecule has 6 heteroatoms. The first-order chi connectivity index (χ1) is 9.39. The predicted molar refractivity (Wildman–Crippen MR) is 78.8 cm³/mol. The van der Waals surface area contributed by atoms with Gasteiger partial charge in [0.1, 0.15) is 5.75 Å².